The first-order chi connectivity index (χ1) is 15.9. The summed E-state index contributed by atoms with van der Waals surface area (Å²) in [5.74, 6) is -0.379. The Morgan fingerprint density at radius 3 is 1.91 bits per heavy atom. The third-order valence-corrected chi connectivity index (χ3v) is 6.67. The SMILES string of the molecule is Cc1ccc(C(NC(=O)c2ccccc2NS(=O)(=O)c2ccccc2)c2ccccc2)cc1. The molecule has 4 rings (SSSR count). The first kappa shape index (κ1) is 22.3. The first-order valence-corrected chi connectivity index (χ1v) is 12.0. The maximum atomic E-state index is 13.4. The quantitative estimate of drug-likeness (QED) is 0.395. The van der Waals surface area contributed by atoms with Crippen LogP contribution in [0.4, 0.5) is 5.69 Å². The Labute approximate surface area is 194 Å². The lowest BCUT2D eigenvalue weighted by atomic mass is 9.97. The van der Waals surface area contributed by atoms with Crippen LogP contribution in [0.5, 0.6) is 0 Å². The van der Waals surface area contributed by atoms with Crippen molar-refractivity contribution in [3.63, 3.8) is 0 Å². The number of nitrogens with one attached hydrogen (secondary N) is 2. The first-order valence-electron chi connectivity index (χ1n) is 10.5. The molecule has 33 heavy (non-hydrogen) atoms. The minimum Gasteiger partial charge on any atom is -0.341 e. The van der Waals surface area contributed by atoms with Gasteiger partial charge < -0.3 is 5.32 Å². The molecule has 1 amide bonds. The van der Waals surface area contributed by atoms with Crippen LogP contribution in [0.1, 0.15) is 33.1 Å². The van der Waals surface area contributed by atoms with Gasteiger partial charge in [0.15, 0.2) is 0 Å². The number of para-hydroxylation sites is 1. The van der Waals surface area contributed by atoms with Crippen molar-refractivity contribution in [3.05, 3.63) is 131 Å². The molecule has 1 atom stereocenters. The predicted molar refractivity (Wildman–Crippen MR) is 131 cm³/mol. The highest BCUT2D eigenvalue weighted by Gasteiger charge is 2.22. The zero-order valence-corrected chi connectivity index (χ0v) is 18.9. The highest BCUT2D eigenvalue weighted by atomic mass is 32.2. The van der Waals surface area contributed by atoms with E-state index in [1.165, 1.54) is 12.1 Å². The molecule has 166 valence electrons. The van der Waals surface area contributed by atoms with Crippen molar-refractivity contribution in [2.45, 2.75) is 17.9 Å². The van der Waals surface area contributed by atoms with Crippen molar-refractivity contribution in [2.24, 2.45) is 0 Å². The van der Waals surface area contributed by atoms with Crippen LogP contribution in [0.15, 0.2) is 114 Å². The van der Waals surface area contributed by atoms with E-state index >= 15 is 0 Å². The van der Waals surface area contributed by atoms with Crippen molar-refractivity contribution in [1.82, 2.24) is 5.32 Å². The van der Waals surface area contributed by atoms with Crippen LogP contribution in [-0.2, 0) is 10.0 Å². The lowest BCUT2D eigenvalue weighted by Crippen LogP contribution is -2.30. The number of hydrogen-bond donors (Lipinski definition) is 2. The Kier molecular flexibility index (Phi) is 6.56. The van der Waals surface area contributed by atoms with Gasteiger partial charge in [0.2, 0.25) is 0 Å². The summed E-state index contributed by atoms with van der Waals surface area (Å²) in [4.78, 5) is 13.5. The van der Waals surface area contributed by atoms with Gasteiger partial charge in [-0.2, -0.15) is 0 Å². The normalized spacial score (nSPS) is 12.0. The summed E-state index contributed by atoms with van der Waals surface area (Å²) in [7, 11) is -3.84. The molecule has 0 heterocycles. The third-order valence-electron chi connectivity index (χ3n) is 5.29. The second-order valence-corrected chi connectivity index (χ2v) is 9.37. The van der Waals surface area contributed by atoms with Crippen LogP contribution in [0.3, 0.4) is 0 Å². The molecule has 0 saturated carbocycles. The van der Waals surface area contributed by atoms with Crippen molar-refractivity contribution in [1.29, 1.82) is 0 Å². The molecule has 4 aromatic carbocycles. The number of carbonyl (C=O) groups excluding carboxylic acids is 1. The fraction of sp³-hybridized carbons (Fsp3) is 0.0741. The van der Waals surface area contributed by atoms with Gasteiger partial charge in [-0.25, -0.2) is 8.42 Å². The molecule has 0 aromatic heterocycles. The molecule has 6 heteroatoms. The summed E-state index contributed by atoms with van der Waals surface area (Å²) in [5, 5.41) is 3.08. The van der Waals surface area contributed by atoms with Gasteiger partial charge in [-0.05, 0) is 42.3 Å². The minimum absolute atomic E-state index is 0.127. The number of amides is 1. The van der Waals surface area contributed by atoms with Crippen LogP contribution >= 0.6 is 0 Å². The Morgan fingerprint density at radius 2 is 1.24 bits per heavy atom. The number of carbonyl (C=O) groups is 1. The number of aryl methyl sites for hydroxylation is 1. The maximum Gasteiger partial charge on any atom is 0.261 e. The summed E-state index contributed by atoms with van der Waals surface area (Å²) < 4.78 is 28.2. The summed E-state index contributed by atoms with van der Waals surface area (Å²) in [6.45, 7) is 2.01. The van der Waals surface area contributed by atoms with Crippen molar-refractivity contribution >= 4 is 21.6 Å². The molecule has 0 aliphatic carbocycles. The van der Waals surface area contributed by atoms with Gasteiger partial charge >= 0.3 is 0 Å². The standard InChI is InChI=1S/C27H24N2O3S/c1-20-16-18-22(19-17-20)26(21-10-4-2-5-11-21)28-27(30)24-14-8-9-15-25(24)29-33(31,32)23-12-6-3-7-13-23/h2-19,26,29H,1H3,(H,28,30). The van der Waals surface area contributed by atoms with Gasteiger partial charge in [-0.1, -0.05) is 90.5 Å². The van der Waals surface area contributed by atoms with Gasteiger partial charge in [-0.3, -0.25) is 9.52 Å². The van der Waals surface area contributed by atoms with E-state index in [1.807, 2.05) is 61.5 Å². The number of benzene rings is 4. The Bertz CT molecular complexity index is 1340. The zero-order chi connectivity index (χ0) is 23.3. The molecule has 2 N–H and O–H groups in total. The molecule has 0 bridgehead atoms. The Hall–Kier alpha value is -3.90. The van der Waals surface area contributed by atoms with Crippen LogP contribution in [0.25, 0.3) is 0 Å². The molecule has 4 aromatic rings. The summed E-state index contributed by atoms with van der Waals surface area (Å²) in [5.41, 5.74) is 3.44. The Balaban J connectivity index is 1.65. The van der Waals surface area contributed by atoms with Crippen LogP contribution in [-0.4, -0.2) is 14.3 Å². The molecule has 0 saturated heterocycles. The zero-order valence-electron chi connectivity index (χ0n) is 18.1. The fourth-order valence-electron chi connectivity index (χ4n) is 3.55. The van der Waals surface area contributed by atoms with E-state index in [1.54, 1.807) is 42.5 Å². The largest absolute Gasteiger partial charge is 0.341 e. The van der Waals surface area contributed by atoms with E-state index in [-0.39, 0.29) is 22.1 Å². The summed E-state index contributed by atoms with van der Waals surface area (Å²) in [6, 6.07) is 31.9. The van der Waals surface area contributed by atoms with Crippen LogP contribution in [0.2, 0.25) is 0 Å². The molecular formula is C27H24N2O3S. The smallest absolute Gasteiger partial charge is 0.261 e. The number of anilines is 1. The molecule has 0 fully saturated rings. The average Bonchev–Trinajstić information content (AvgIpc) is 2.84. The topological polar surface area (TPSA) is 75.3 Å². The minimum atomic E-state index is -3.84. The van der Waals surface area contributed by atoms with E-state index in [0.717, 1.165) is 16.7 Å². The van der Waals surface area contributed by atoms with E-state index in [4.69, 9.17) is 0 Å². The van der Waals surface area contributed by atoms with Gasteiger partial charge in [-0.15, -0.1) is 0 Å². The van der Waals surface area contributed by atoms with E-state index in [9.17, 15) is 13.2 Å². The lowest BCUT2D eigenvalue weighted by Gasteiger charge is -2.21. The number of sulfonamides is 1. The van der Waals surface area contributed by atoms with Crippen molar-refractivity contribution in [3.8, 4) is 0 Å². The van der Waals surface area contributed by atoms with Crippen LogP contribution in [0, 0.1) is 6.92 Å². The molecule has 5 nitrogen and oxygen atoms in total. The van der Waals surface area contributed by atoms with Gasteiger partial charge in [0, 0.05) is 0 Å². The molecule has 0 aliphatic heterocycles. The van der Waals surface area contributed by atoms with Gasteiger partial charge in [0.1, 0.15) is 0 Å². The van der Waals surface area contributed by atoms with E-state index < -0.39 is 16.1 Å². The molecule has 0 radical (unpaired) electrons. The molecule has 1 unspecified atom stereocenters. The second kappa shape index (κ2) is 9.71. The molecule has 0 spiro atoms. The highest BCUT2D eigenvalue weighted by molar-refractivity contribution is 7.92. The molecular weight excluding hydrogens is 432 g/mol. The monoisotopic (exact) mass is 456 g/mol. The van der Waals surface area contributed by atoms with Crippen LogP contribution < -0.4 is 10.0 Å². The van der Waals surface area contributed by atoms with E-state index in [2.05, 4.69) is 10.0 Å². The number of hydrogen-bond acceptors (Lipinski definition) is 3. The second-order valence-electron chi connectivity index (χ2n) is 7.69. The maximum absolute atomic E-state index is 13.4. The fourth-order valence-corrected chi connectivity index (χ4v) is 4.65. The molecule has 0 aliphatic rings. The van der Waals surface area contributed by atoms with Gasteiger partial charge in [0.05, 0.1) is 22.2 Å². The summed E-state index contributed by atoms with van der Waals surface area (Å²) >= 11 is 0. The third kappa shape index (κ3) is 5.30. The number of rotatable bonds is 7. The lowest BCUT2D eigenvalue weighted by molar-refractivity contribution is 0.0944. The predicted octanol–water partition coefficient (Wildman–Crippen LogP) is 5.32. The van der Waals surface area contributed by atoms with E-state index in [0.29, 0.717) is 0 Å². The van der Waals surface area contributed by atoms with Crippen molar-refractivity contribution < 1.29 is 13.2 Å². The van der Waals surface area contributed by atoms with Gasteiger partial charge in [0.25, 0.3) is 15.9 Å². The summed E-state index contributed by atoms with van der Waals surface area (Å²) in [6.07, 6.45) is 0. The highest BCUT2D eigenvalue weighted by Crippen LogP contribution is 2.25. The van der Waals surface area contributed by atoms with Crippen molar-refractivity contribution in [2.75, 3.05) is 4.72 Å². The Morgan fingerprint density at radius 1 is 0.697 bits per heavy atom. The average molecular weight is 457 g/mol.